The molecular weight excluding hydrogens is 355 g/mol. The summed E-state index contributed by atoms with van der Waals surface area (Å²) in [5, 5.41) is 0. The quantitative estimate of drug-likeness (QED) is 0.755. The van der Waals surface area contributed by atoms with Gasteiger partial charge in [-0.3, -0.25) is 0 Å². The Bertz CT molecular complexity index is 828. The largest absolute Gasteiger partial charge is 0.438 e. The van der Waals surface area contributed by atoms with Gasteiger partial charge in [0.05, 0.1) is 4.90 Å². The third-order valence-electron chi connectivity index (χ3n) is 2.97. The van der Waals surface area contributed by atoms with Crippen LogP contribution in [0.1, 0.15) is 16.7 Å². The second kappa shape index (κ2) is 6.01. The highest BCUT2D eigenvalue weighted by atomic mass is 35.7. The molecule has 0 saturated carbocycles. The SMILES string of the molecule is Cc1cc(Oc2ncccc2C(F)(F)F)cc(C)c1S(=O)(=O)Cl. The number of pyridine rings is 1. The molecule has 4 nitrogen and oxygen atoms in total. The number of aromatic nitrogens is 1. The van der Waals surface area contributed by atoms with E-state index in [1.165, 1.54) is 32.2 Å². The molecule has 1 aromatic heterocycles. The van der Waals surface area contributed by atoms with Crippen LogP contribution in [-0.4, -0.2) is 13.4 Å². The lowest BCUT2D eigenvalue weighted by Crippen LogP contribution is -2.08. The predicted octanol–water partition coefficient (Wildman–Crippen LogP) is 4.44. The van der Waals surface area contributed by atoms with Crippen molar-refractivity contribution in [1.82, 2.24) is 4.98 Å². The van der Waals surface area contributed by atoms with Gasteiger partial charge in [0.2, 0.25) is 5.88 Å². The third kappa shape index (κ3) is 3.94. The Balaban J connectivity index is 2.48. The Hall–Kier alpha value is -1.80. The van der Waals surface area contributed by atoms with E-state index in [2.05, 4.69) is 4.98 Å². The van der Waals surface area contributed by atoms with E-state index in [9.17, 15) is 21.6 Å². The zero-order chi connectivity index (χ0) is 17.4. The first kappa shape index (κ1) is 17.6. The van der Waals surface area contributed by atoms with Crippen molar-refractivity contribution in [3.63, 3.8) is 0 Å². The highest BCUT2D eigenvalue weighted by Gasteiger charge is 2.35. The molecule has 2 rings (SSSR count). The molecule has 1 aromatic carbocycles. The maximum Gasteiger partial charge on any atom is 0.421 e. The van der Waals surface area contributed by atoms with E-state index in [0.29, 0.717) is 0 Å². The molecule has 0 radical (unpaired) electrons. The number of rotatable bonds is 3. The van der Waals surface area contributed by atoms with Crippen molar-refractivity contribution in [2.24, 2.45) is 0 Å². The number of alkyl halides is 3. The summed E-state index contributed by atoms with van der Waals surface area (Å²) in [4.78, 5) is 3.49. The van der Waals surface area contributed by atoms with Crippen LogP contribution in [0.5, 0.6) is 11.6 Å². The molecule has 0 unspecified atom stereocenters. The summed E-state index contributed by atoms with van der Waals surface area (Å²) in [6.45, 7) is 2.94. The molecule has 1 heterocycles. The summed E-state index contributed by atoms with van der Waals surface area (Å²) >= 11 is 0. The minimum atomic E-state index is -4.62. The maximum absolute atomic E-state index is 12.9. The molecular formula is C14H11ClF3NO3S. The van der Waals surface area contributed by atoms with Crippen molar-refractivity contribution in [3.05, 3.63) is 47.2 Å². The molecule has 0 aliphatic rings. The number of benzene rings is 1. The molecule has 0 atom stereocenters. The van der Waals surface area contributed by atoms with Crippen molar-refractivity contribution >= 4 is 19.7 Å². The van der Waals surface area contributed by atoms with E-state index in [1.807, 2.05) is 0 Å². The average Bonchev–Trinajstić information content (AvgIpc) is 2.35. The minimum absolute atomic E-state index is 0.0354. The fraction of sp³-hybridized carbons (Fsp3) is 0.214. The van der Waals surface area contributed by atoms with Gasteiger partial charge in [0.25, 0.3) is 9.05 Å². The molecule has 0 aliphatic carbocycles. The zero-order valence-electron chi connectivity index (χ0n) is 12.0. The molecule has 124 valence electrons. The summed E-state index contributed by atoms with van der Waals surface area (Å²) in [5.74, 6) is -0.575. The van der Waals surface area contributed by atoms with Crippen molar-refractivity contribution in [2.45, 2.75) is 24.9 Å². The molecule has 2 aromatic rings. The van der Waals surface area contributed by atoms with E-state index >= 15 is 0 Å². The maximum atomic E-state index is 12.9. The van der Waals surface area contributed by atoms with Gasteiger partial charge >= 0.3 is 6.18 Å². The monoisotopic (exact) mass is 365 g/mol. The van der Waals surface area contributed by atoms with Gasteiger partial charge in [-0.15, -0.1) is 0 Å². The second-order valence-corrected chi connectivity index (χ2v) is 7.28. The Morgan fingerprint density at radius 3 is 2.22 bits per heavy atom. The number of nitrogens with zero attached hydrogens (tertiary/aromatic N) is 1. The Kier molecular flexibility index (Phi) is 4.59. The van der Waals surface area contributed by atoms with Crippen molar-refractivity contribution in [1.29, 1.82) is 0 Å². The Morgan fingerprint density at radius 1 is 1.17 bits per heavy atom. The van der Waals surface area contributed by atoms with Crippen molar-refractivity contribution < 1.29 is 26.3 Å². The van der Waals surface area contributed by atoms with Crippen LogP contribution in [0.25, 0.3) is 0 Å². The first-order chi connectivity index (χ1) is 10.5. The number of aryl methyl sites for hydroxylation is 2. The summed E-state index contributed by atoms with van der Waals surface area (Å²) in [5.41, 5.74) is -0.497. The highest BCUT2D eigenvalue weighted by molar-refractivity contribution is 8.13. The van der Waals surface area contributed by atoms with Crippen molar-refractivity contribution in [3.8, 4) is 11.6 Å². The van der Waals surface area contributed by atoms with Gasteiger partial charge in [-0.2, -0.15) is 13.2 Å². The lowest BCUT2D eigenvalue weighted by Gasteiger charge is -2.14. The third-order valence-corrected chi connectivity index (χ3v) is 4.56. The van der Waals surface area contributed by atoms with Crippen LogP contribution in [-0.2, 0) is 15.2 Å². The van der Waals surface area contributed by atoms with Crippen LogP contribution >= 0.6 is 10.7 Å². The van der Waals surface area contributed by atoms with E-state index in [0.717, 1.165) is 12.1 Å². The molecule has 0 amide bonds. The molecule has 0 N–H and O–H groups in total. The van der Waals surface area contributed by atoms with Crippen molar-refractivity contribution in [2.75, 3.05) is 0 Å². The van der Waals surface area contributed by atoms with Gasteiger partial charge in [0.15, 0.2) is 0 Å². The minimum Gasteiger partial charge on any atom is -0.438 e. The summed E-state index contributed by atoms with van der Waals surface area (Å²) in [6.07, 6.45) is -3.45. The normalized spacial score (nSPS) is 12.3. The number of hydrogen-bond donors (Lipinski definition) is 0. The molecule has 0 saturated heterocycles. The first-order valence-corrected chi connectivity index (χ1v) is 8.57. The Labute approximate surface area is 135 Å². The standard InChI is InChI=1S/C14H11ClF3NO3S/c1-8-6-10(7-9(2)12(8)23(15,20)21)22-13-11(14(16,17)18)4-3-5-19-13/h3-7H,1-2H3. The lowest BCUT2D eigenvalue weighted by molar-refractivity contribution is -0.138. The fourth-order valence-electron chi connectivity index (χ4n) is 2.15. The van der Waals surface area contributed by atoms with Crippen LogP contribution in [0.3, 0.4) is 0 Å². The molecule has 23 heavy (non-hydrogen) atoms. The van der Waals surface area contributed by atoms with Crippen LogP contribution < -0.4 is 4.74 Å². The predicted molar refractivity (Wildman–Crippen MR) is 78.3 cm³/mol. The van der Waals surface area contributed by atoms with Gasteiger partial charge < -0.3 is 4.74 Å². The summed E-state index contributed by atoms with van der Waals surface area (Å²) in [7, 11) is 1.37. The highest BCUT2D eigenvalue weighted by Crippen LogP contribution is 2.37. The average molecular weight is 366 g/mol. The number of ether oxygens (including phenoxy) is 1. The smallest absolute Gasteiger partial charge is 0.421 e. The van der Waals surface area contributed by atoms with Crippen LogP contribution in [0.4, 0.5) is 13.2 Å². The topological polar surface area (TPSA) is 56.3 Å². The molecule has 0 fully saturated rings. The van der Waals surface area contributed by atoms with Gasteiger partial charge in [0, 0.05) is 16.9 Å². The van der Waals surface area contributed by atoms with Crippen LogP contribution in [0.15, 0.2) is 35.4 Å². The number of hydrogen-bond acceptors (Lipinski definition) is 4. The second-order valence-electron chi connectivity index (χ2n) is 4.78. The van der Waals surface area contributed by atoms with Gasteiger partial charge in [0.1, 0.15) is 11.3 Å². The van der Waals surface area contributed by atoms with E-state index < -0.39 is 26.7 Å². The van der Waals surface area contributed by atoms with Gasteiger partial charge in [-0.25, -0.2) is 13.4 Å². The van der Waals surface area contributed by atoms with Gasteiger partial charge in [-0.1, -0.05) is 0 Å². The lowest BCUT2D eigenvalue weighted by atomic mass is 10.1. The Morgan fingerprint density at radius 2 is 1.74 bits per heavy atom. The zero-order valence-corrected chi connectivity index (χ0v) is 13.6. The fourth-order valence-corrected chi connectivity index (χ4v) is 3.77. The molecule has 9 heteroatoms. The first-order valence-electron chi connectivity index (χ1n) is 6.26. The van der Waals surface area contributed by atoms with Crippen LogP contribution in [0, 0.1) is 13.8 Å². The number of halogens is 4. The van der Waals surface area contributed by atoms with E-state index in [1.54, 1.807) is 0 Å². The summed E-state index contributed by atoms with van der Waals surface area (Å²) < 4.78 is 66.9. The molecule has 0 aliphatic heterocycles. The van der Waals surface area contributed by atoms with E-state index in [-0.39, 0.29) is 21.8 Å². The molecule has 0 bridgehead atoms. The van der Waals surface area contributed by atoms with Gasteiger partial charge in [-0.05, 0) is 49.2 Å². The summed E-state index contributed by atoms with van der Waals surface area (Å²) in [6, 6.07) is 4.57. The van der Waals surface area contributed by atoms with Crippen LogP contribution in [0.2, 0.25) is 0 Å². The van der Waals surface area contributed by atoms with E-state index in [4.69, 9.17) is 15.4 Å². The molecule has 0 spiro atoms.